The van der Waals surface area contributed by atoms with E-state index >= 15 is 0 Å². The molecular formula is C20H27N5O. The Hall–Kier alpha value is -2.18. The number of rotatable bonds is 4. The molecule has 0 radical (unpaired) electrons. The predicted octanol–water partition coefficient (Wildman–Crippen LogP) is 1.94. The number of anilines is 2. The van der Waals surface area contributed by atoms with Gasteiger partial charge >= 0.3 is 0 Å². The third-order valence-electron chi connectivity index (χ3n) is 5.07. The average molecular weight is 353 g/mol. The second kappa shape index (κ2) is 7.60. The van der Waals surface area contributed by atoms with E-state index in [1.54, 1.807) is 0 Å². The van der Waals surface area contributed by atoms with E-state index in [1.165, 1.54) is 16.8 Å². The van der Waals surface area contributed by atoms with E-state index in [-0.39, 0.29) is 0 Å². The number of fused-ring (bicyclic) bond motifs is 1. The van der Waals surface area contributed by atoms with Crippen molar-refractivity contribution in [3.05, 3.63) is 47.2 Å². The van der Waals surface area contributed by atoms with Crippen molar-refractivity contribution in [3.63, 3.8) is 0 Å². The molecule has 6 heteroatoms. The van der Waals surface area contributed by atoms with Crippen molar-refractivity contribution in [3.8, 4) is 0 Å². The lowest BCUT2D eigenvalue weighted by Crippen LogP contribution is -2.40. The molecule has 2 aromatic rings. The summed E-state index contributed by atoms with van der Waals surface area (Å²) in [6.45, 7) is 6.24. The Kier molecular flexibility index (Phi) is 5.04. The first-order valence-electron chi connectivity index (χ1n) is 9.37. The van der Waals surface area contributed by atoms with Crippen LogP contribution in [0.3, 0.4) is 0 Å². The lowest BCUT2D eigenvalue weighted by molar-refractivity contribution is 0.122. The first-order valence-corrected chi connectivity index (χ1v) is 9.37. The minimum absolute atomic E-state index is 0.768. The molecule has 4 rings (SSSR count). The summed E-state index contributed by atoms with van der Waals surface area (Å²) in [4.78, 5) is 16.6. The predicted molar refractivity (Wildman–Crippen MR) is 104 cm³/mol. The van der Waals surface area contributed by atoms with Crippen molar-refractivity contribution < 1.29 is 4.74 Å². The Morgan fingerprint density at radius 3 is 2.54 bits per heavy atom. The monoisotopic (exact) mass is 353 g/mol. The highest BCUT2D eigenvalue weighted by Gasteiger charge is 2.26. The highest BCUT2D eigenvalue weighted by Crippen LogP contribution is 2.29. The summed E-state index contributed by atoms with van der Waals surface area (Å²) in [5.74, 6) is 1.90. The van der Waals surface area contributed by atoms with Gasteiger partial charge in [0.1, 0.15) is 5.82 Å². The van der Waals surface area contributed by atoms with Gasteiger partial charge in [-0.15, -0.1) is 0 Å². The first kappa shape index (κ1) is 17.2. The molecule has 138 valence electrons. The maximum absolute atomic E-state index is 5.54. The third-order valence-corrected chi connectivity index (χ3v) is 5.07. The van der Waals surface area contributed by atoms with E-state index < -0.39 is 0 Å². The molecule has 0 saturated carbocycles. The summed E-state index contributed by atoms with van der Waals surface area (Å²) in [5.41, 5.74) is 3.85. The summed E-state index contributed by atoms with van der Waals surface area (Å²) >= 11 is 0. The molecule has 26 heavy (non-hydrogen) atoms. The van der Waals surface area contributed by atoms with E-state index in [4.69, 9.17) is 14.7 Å². The van der Waals surface area contributed by atoms with Crippen LogP contribution in [-0.2, 0) is 24.2 Å². The van der Waals surface area contributed by atoms with Gasteiger partial charge in [-0.1, -0.05) is 30.3 Å². The van der Waals surface area contributed by atoms with E-state index in [1.807, 2.05) is 19.0 Å². The molecule has 0 unspecified atom stereocenters. The molecular weight excluding hydrogens is 326 g/mol. The fourth-order valence-corrected chi connectivity index (χ4v) is 3.65. The molecule has 3 heterocycles. The second-order valence-corrected chi connectivity index (χ2v) is 7.21. The van der Waals surface area contributed by atoms with Crippen LogP contribution in [-0.4, -0.2) is 61.8 Å². The molecule has 0 amide bonds. The molecule has 6 nitrogen and oxygen atoms in total. The Balaban J connectivity index is 1.63. The van der Waals surface area contributed by atoms with E-state index in [0.29, 0.717) is 0 Å². The standard InChI is InChI=1S/C20H27N5O/c1-23(2)20-21-18-8-9-24(14-16-6-4-3-5-7-16)15-17(18)19(22-20)25-10-12-26-13-11-25/h3-7H,8-15H2,1-2H3. The second-order valence-electron chi connectivity index (χ2n) is 7.21. The molecule has 1 aromatic carbocycles. The van der Waals surface area contributed by atoms with Crippen LogP contribution in [0.4, 0.5) is 11.8 Å². The van der Waals surface area contributed by atoms with Gasteiger partial charge in [-0.05, 0) is 5.56 Å². The molecule has 2 aliphatic heterocycles. The van der Waals surface area contributed by atoms with Gasteiger partial charge in [-0.2, -0.15) is 4.98 Å². The molecule has 0 atom stereocenters. The van der Waals surface area contributed by atoms with Crippen LogP contribution in [0.25, 0.3) is 0 Å². The Labute approximate surface area is 155 Å². The number of aromatic nitrogens is 2. The number of benzene rings is 1. The van der Waals surface area contributed by atoms with E-state index in [9.17, 15) is 0 Å². The lowest BCUT2D eigenvalue weighted by Gasteiger charge is -2.35. The Morgan fingerprint density at radius 1 is 1.04 bits per heavy atom. The van der Waals surface area contributed by atoms with Crippen LogP contribution in [0.1, 0.15) is 16.8 Å². The van der Waals surface area contributed by atoms with Gasteiger partial charge in [0.25, 0.3) is 0 Å². The minimum Gasteiger partial charge on any atom is -0.378 e. The van der Waals surface area contributed by atoms with Crippen LogP contribution < -0.4 is 9.80 Å². The van der Waals surface area contributed by atoms with Gasteiger partial charge in [0, 0.05) is 58.8 Å². The Bertz CT molecular complexity index is 743. The van der Waals surface area contributed by atoms with Crippen LogP contribution in [0.15, 0.2) is 30.3 Å². The molecule has 0 N–H and O–H groups in total. The van der Waals surface area contributed by atoms with Gasteiger partial charge in [0.15, 0.2) is 0 Å². The zero-order chi connectivity index (χ0) is 17.9. The maximum atomic E-state index is 5.54. The number of ether oxygens (including phenoxy) is 1. The molecule has 0 spiro atoms. The molecule has 1 saturated heterocycles. The van der Waals surface area contributed by atoms with Crippen molar-refractivity contribution in [2.45, 2.75) is 19.5 Å². The zero-order valence-corrected chi connectivity index (χ0v) is 15.7. The summed E-state index contributed by atoms with van der Waals surface area (Å²) in [6, 6.07) is 10.7. The third kappa shape index (κ3) is 3.66. The highest BCUT2D eigenvalue weighted by molar-refractivity contribution is 5.54. The van der Waals surface area contributed by atoms with Crippen LogP contribution in [0.2, 0.25) is 0 Å². The fourth-order valence-electron chi connectivity index (χ4n) is 3.65. The fraction of sp³-hybridized carbons (Fsp3) is 0.500. The normalized spacial score (nSPS) is 17.8. The zero-order valence-electron chi connectivity index (χ0n) is 15.7. The van der Waals surface area contributed by atoms with E-state index in [0.717, 1.165) is 64.1 Å². The first-order chi connectivity index (χ1) is 12.7. The van der Waals surface area contributed by atoms with Crippen LogP contribution >= 0.6 is 0 Å². The molecule has 1 fully saturated rings. The highest BCUT2D eigenvalue weighted by atomic mass is 16.5. The van der Waals surface area contributed by atoms with Gasteiger partial charge in [0.2, 0.25) is 5.95 Å². The van der Waals surface area contributed by atoms with Crippen molar-refractivity contribution in [1.29, 1.82) is 0 Å². The van der Waals surface area contributed by atoms with E-state index in [2.05, 4.69) is 40.1 Å². The van der Waals surface area contributed by atoms with Crippen molar-refractivity contribution in [2.75, 3.05) is 56.7 Å². The van der Waals surface area contributed by atoms with Crippen LogP contribution in [0, 0.1) is 0 Å². The quantitative estimate of drug-likeness (QED) is 0.837. The minimum atomic E-state index is 0.768. The number of hydrogen-bond acceptors (Lipinski definition) is 6. The SMILES string of the molecule is CN(C)c1nc2c(c(N3CCOCC3)n1)CN(Cc1ccccc1)CC2. The van der Waals surface area contributed by atoms with Crippen molar-refractivity contribution >= 4 is 11.8 Å². The topological polar surface area (TPSA) is 44.7 Å². The van der Waals surface area contributed by atoms with Crippen molar-refractivity contribution in [1.82, 2.24) is 14.9 Å². The molecule has 0 bridgehead atoms. The summed E-state index contributed by atoms with van der Waals surface area (Å²) in [6.07, 6.45) is 0.975. The largest absolute Gasteiger partial charge is 0.378 e. The molecule has 1 aromatic heterocycles. The average Bonchev–Trinajstić information content (AvgIpc) is 2.68. The number of hydrogen-bond donors (Lipinski definition) is 0. The molecule has 0 aliphatic carbocycles. The van der Waals surface area contributed by atoms with Gasteiger partial charge in [-0.25, -0.2) is 4.98 Å². The number of nitrogens with zero attached hydrogens (tertiary/aromatic N) is 5. The van der Waals surface area contributed by atoms with Gasteiger partial charge < -0.3 is 14.5 Å². The van der Waals surface area contributed by atoms with Gasteiger partial charge in [0.05, 0.1) is 18.9 Å². The summed E-state index contributed by atoms with van der Waals surface area (Å²) in [5, 5.41) is 0. The number of morpholine rings is 1. The Morgan fingerprint density at radius 2 is 1.81 bits per heavy atom. The summed E-state index contributed by atoms with van der Waals surface area (Å²) in [7, 11) is 4.02. The lowest BCUT2D eigenvalue weighted by atomic mass is 10.0. The molecule has 2 aliphatic rings. The summed E-state index contributed by atoms with van der Waals surface area (Å²) < 4.78 is 5.54. The van der Waals surface area contributed by atoms with Crippen molar-refractivity contribution in [2.24, 2.45) is 0 Å². The van der Waals surface area contributed by atoms with Crippen LogP contribution in [0.5, 0.6) is 0 Å². The smallest absolute Gasteiger partial charge is 0.227 e. The van der Waals surface area contributed by atoms with Gasteiger partial charge in [-0.3, -0.25) is 4.90 Å². The maximum Gasteiger partial charge on any atom is 0.227 e.